The van der Waals surface area contributed by atoms with E-state index in [0.29, 0.717) is 15.9 Å². The molecule has 3 aromatic rings. The lowest BCUT2D eigenvalue weighted by Crippen LogP contribution is -2.12. The zero-order chi connectivity index (χ0) is 13.9. The van der Waals surface area contributed by atoms with Crippen LogP contribution in [0.4, 0.5) is 5.69 Å². The molecule has 0 spiro atoms. The summed E-state index contributed by atoms with van der Waals surface area (Å²) in [5.41, 5.74) is 2.09. The first-order valence-electron chi connectivity index (χ1n) is 6.01. The van der Waals surface area contributed by atoms with Gasteiger partial charge >= 0.3 is 0 Å². The van der Waals surface area contributed by atoms with Crippen molar-refractivity contribution >= 4 is 38.4 Å². The molecule has 1 N–H and O–H groups in total. The van der Waals surface area contributed by atoms with E-state index in [1.165, 1.54) is 0 Å². The zero-order valence-corrected chi connectivity index (χ0v) is 12.0. The van der Waals surface area contributed by atoms with Gasteiger partial charge < -0.3 is 5.32 Å². The first kappa shape index (κ1) is 12.7. The lowest BCUT2D eigenvalue weighted by molar-refractivity contribution is 0.102. The second-order valence-corrected chi connectivity index (χ2v) is 4.96. The zero-order valence-electron chi connectivity index (χ0n) is 10.4. The molecule has 2 aromatic heterocycles. The number of anilines is 1. The van der Waals surface area contributed by atoms with Crippen LogP contribution in [0.5, 0.6) is 0 Å². The van der Waals surface area contributed by atoms with Gasteiger partial charge in [0, 0.05) is 23.3 Å². The minimum atomic E-state index is -0.176. The molecular weight excluding hydrogens is 318 g/mol. The van der Waals surface area contributed by atoms with Gasteiger partial charge in [-0.05, 0) is 52.3 Å². The quantitative estimate of drug-likeness (QED) is 0.731. The minimum absolute atomic E-state index is 0.176. The van der Waals surface area contributed by atoms with Crippen molar-refractivity contribution in [3.05, 3.63) is 65.0 Å². The third-order valence-corrected chi connectivity index (χ3v) is 3.50. The van der Waals surface area contributed by atoms with E-state index < -0.39 is 0 Å². The molecule has 20 heavy (non-hydrogen) atoms. The van der Waals surface area contributed by atoms with Crippen LogP contribution in [0.1, 0.15) is 10.4 Å². The topological polar surface area (TPSA) is 54.9 Å². The van der Waals surface area contributed by atoms with E-state index >= 15 is 0 Å². The second kappa shape index (κ2) is 5.38. The number of pyridine rings is 2. The molecule has 0 saturated carbocycles. The third-order valence-electron chi connectivity index (χ3n) is 2.87. The molecule has 1 amide bonds. The number of hydrogen-bond donors (Lipinski definition) is 1. The van der Waals surface area contributed by atoms with Gasteiger partial charge in [0.2, 0.25) is 0 Å². The van der Waals surface area contributed by atoms with Crippen LogP contribution < -0.4 is 5.32 Å². The van der Waals surface area contributed by atoms with Crippen molar-refractivity contribution in [2.75, 3.05) is 5.32 Å². The van der Waals surface area contributed by atoms with Gasteiger partial charge in [-0.15, -0.1) is 0 Å². The molecule has 0 aliphatic heterocycles. The highest BCUT2D eigenvalue weighted by atomic mass is 79.9. The highest BCUT2D eigenvalue weighted by molar-refractivity contribution is 9.10. The molecule has 0 unspecified atom stereocenters. The van der Waals surface area contributed by atoms with Crippen molar-refractivity contribution in [2.24, 2.45) is 0 Å². The molecule has 0 bridgehead atoms. The van der Waals surface area contributed by atoms with Crippen molar-refractivity contribution < 1.29 is 4.79 Å². The van der Waals surface area contributed by atoms with Gasteiger partial charge in [0.05, 0.1) is 11.2 Å². The molecule has 4 nitrogen and oxygen atoms in total. The SMILES string of the molecule is O=C(Nc1cccnc1Br)c1ccc2ncccc2c1. The number of fused-ring (bicyclic) bond motifs is 1. The number of aromatic nitrogens is 2. The highest BCUT2D eigenvalue weighted by Gasteiger charge is 2.09. The number of halogens is 1. The van der Waals surface area contributed by atoms with Crippen LogP contribution >= 0.6 is 15.9 Å². The molecule has 0 aliphatic carbocycles. The number of amides is 1. The molecule has 3 rings (SSSR count). The van der Waals surface area contributed by atoms with E-state index in [1.807, 2.05) is 24.3 Å². The molecule has 0 fully saturated rings. The first-order valence-corrected chi connectivity index (χ1v) is 6.80. The van der Waals surface area contributed by atoms with E-state index in [-0.39, 0.29) is 5.91 Å². The van der Waals surface area contributed by atoms with Crippen LogP contribution in [-0.4, -0.2) is 15.9 Å². The second-order valence-electron chi connectivity index (χ2n) is 4.21. The molecule has 98 valence electrons. The molecular formula is C15H10BrN3O. The average Bonchev–Trinajstić information content (AvgIpc) is 2.49. The lowest BCUT2D eigenvalue weighted by atomic mass is 10.1. The molecule has 2 heterocycles. The van der Waals surface area contributed by atoms with Crippen LogP contribution in [0.25, 0.3) is 10.9 Å². The molecule has 1 aromatic carbocycles. The van der Waals surface area contributed by atoms with E-state index in [1.54, 1.807) is 30.6 Å². The van der Waals surface area contributed by atoms with Crippen LogP contribution in [-0.2, 0) is 0 Å². The van der Waals surface area contributed by atoms with Crippen LogP contribution in [0.2, 0.25) is 0 Å². The summed E-state index contributed by atoms with van der Waals surface area (Å²) in [5.74, 6) is -0.176. The Kier molecular flexibility index (Phi) is 3.43. The van der Waals surface area contributed by atoms with Gasteiger partial charge in [0.15, 0.2) is 0 Å². The third kappa shape index (κ3) is 2.53. The maximum atomic E-state index is 12.2. The van der Waals surface area contributed by atoms with Gasteiger partial charge in [-0.2, -0.15) is 0 Å². The maximum Gasteiger partial charge on any atom is 0.255 e. The molecule has 5 heteroatoms. The number of rotatable bonds is 2. The Morgan fingerprint density at radius 3 is 2.70 bits per heavy atom. The van der Waals surface area contributed by atoms with Crippen molar-refractivity contribution in [3.63, 3.8) is 0 Å². The first-order chi connectivity index (χ1) is 9.74. The van der Waals surface area contributed by atoms with E-state index in [0.717, 1.165) is 10.9 Å². The number of hydrogen-bond acceptors (Lipinski definition) is 3. The van der Waals surface area contributed by atoms with Crippen molar-refractivity contribution in [3.8, 4) is 0 Å². The average molecular weight is 328 g/mol. The lowest BCUT2D eigenvalue weighted by Gasteiger charge is -2.07. The van der Waals surface area contributed by atoms with Crippen LogP contribution in [0.3, 0.4) is 0 Å². The summed E-state index contributed by atoms with van der Waals surface area (Å²) in [5, 5.41) is 3.76. The Hall–Kier alpha value is -2.27. The van der Waals surface area contributed by atoms with Gasteiger partial charge in [-0.1, -0.05) is 6.07 Å². The summed E-state index contributed by atoms with van der Waals surface area (Å²) in [7, 11) is 0. The Balaban J connectivity index is 1.91. The minimum Gasteiger partial charge on any atom is -0.320 e. The fourth-order valence-corrected chi connectivity index (χ4v) is 2.24. The van der Waals surface area contributed by atoms with Crippen molar-refractivity contribution in [1.29, 1.82) is 0 Å². The molecule has 0 aliphatic rings. The Bertz CT molecular complexity index is 789. The highest BCUT2D eigenvalue weighted by Crippen LogP contribution is 2.20. The van der Waals surface area contributed by atoms with Crippen LogP contribution in [0.15, 0.2) is 59.5 Å². The summed E-state index contributed by atoms with van der Waals surface area (Å²) in [6, 6.07) is 12.8. The predicted octanol–water partition coefficient (Wildman–Crippen LogP) is 3.64. The summed E-state index contributed by atoms with van der Waals surface area (Å²) in [4.78, 5) is 20.5. The van der Waals surface area contributed by atoms with Gasteiger partial charge in [0.25, 0.3) is 5.91 Å². The standard InChI is InChI=1S/C15H10BrN3O/c16-14-13(4-2-8-18-14)19-15(20)11-5-6-12-10(9-11)3-1-7-17-12/h1-9H,(H,19,20). The predicted molar refractivity (Wildman–Crippen MR) is 81.6 cm³/mol. The largest absolute Gasteiger partial charge is 0.320 e. The smallest absolute Gasteiger partial charge is 0.255 e. The Labute approximate surface area is 124 Å². The number of carbonyl (C=O) groups excluding carboxylic acids is 1. The molecule has 0 radical (unpaired) electrons. The molecule has 0 atom stereocenters. The summed E-state index contributed by atoms with van der Waals surface area (Å²) < 4.78 is 0.607. The number of nitrogens with one attached hydrogen (secondary N) is 1. The fourth-order valence-electron chi connectivity index (χ4n) is 1.89. The number of nitrogens with zero attached hydrogens (tertiary/aromatic N) is 2. The van der Waals surface area contributed by atoms with E-state index in [9.17, 15) is 4.79 Å². The molecule has 0 saturated heterocycles. The van der Waals surface area contributed by atoms with E-state index in [2.05, 4.69) is 31.2 Å². The van der Waals surface area contributed by atoms with Crippen LogP contribution in [0, 0.1) is 0 Å². The number of carbonyl (C=O) groups is 1. The van der Waals surface area contributed by atoms with Gasteiger partial charge in [-0.3, -0.25) is 9.78 Å². The fraction of sp³-hybridized carbons (Fsp3) is 0. The number of benzene rings is 1. The Morgan fingerprint density at radius 2 is 1.85 bits per heavy atom. The Morgan fingerprint density at radius 1 is 1.05 bits per heavy atom. The van der Waals surface area contributed by atoms with Crippen molar-refractivity contribution in [1.82, 2.24) is 9.97 Å². The summed E-state index contributed by atoms with van der Waals surface area (Å²) in [6.07, 6.45) is 3.39. The maximum absolute atomic E-state index is 12.2. The summed E-state index contributed by atoms with van der Waals surface area (Å²) >= 11 is 3.30. The normalized spacial score (nSPS) is 10.4. The monoisotopic (exact) mass is 327 g/mol. The van der Waals surface area contributed by atoms with Gasteiger partial charge in [-0.25, -0.2) is 4.98 Å². The summed E-state index contributed by atoms with van der Waals surface area (Å²) in [6.45, 7) is 0. The van der Waals surface area contributed by atoms with Crippen molar-refractivity contribution in [2.45, 2.75) is 0 Å². The van der Waals surface area contributed by atoms with E-state index in [4.69, 9.17) is 0 Å². The van der Waals surface area contributed by atoms with Gasteiger partial charge in [0.1, 0.15) is 4.60 Å².